The van der Waals surface area contributed by atoms with Crippen molar-refractivity contribution < 1.29 is 0 Å². The van der Waals surface area contributed by atoms with Crippen LogP contribution in [0, 0.1) is 11.7 Å². The third kappa shape index (κ3) is 1.52. The second-order valence-corrected chi connectivity index (χ2v) is 1.83. The quantitative estimate of drug-likeness (QED) is 0.486. The van der Waals surface area contributed by atoms with Crippen molar-refractivity contribution in [3.05, 3.63) is 10.6 Å². The van der Waals surface area contributed by atoms with E-state index < -0.39 is 0 Å². The molecule has 9 heavy (non-hydrogen) atoms. The lowest BCUT2D eigenvalue weighted by Crippen LogP contribution is -2.09. The zero-order valence-electron chi connectivity index (χ0n) is 4.79. The molecule has 0 aliphatic rings. The highest BCUT2D eigenvalue weighted by Gasteiger charge is 1.90. The molecule has 1 heterocycles. The van der Waals surface area contributed by atoms with Crippen LogP contribution in [-0.2, 0) is 0 Å². The second-order valence-electron chi connectivity index (χ2n) is 1.45. The molecule has 0 atom stereocenters. The van der Waals surface area contributed by atoms with E-state index in [0.29, 0.717) is 10.6 Å². The molecule has 52 valence electrons. The van der Waals surface area contributed by atoms with Crippen molar-refractivity contribution in [3.8, 4) is 0 Å². The van der Waals surface area contributed by atoms with Gasteiger partial charge < -0.3 is 5.84 Å². The van der Waals surface area contributed by atoms with Crippen LogP contribution in [0.1, 0.15) is 5.82 Å². The predicted molar refractivity (Wildman–Crippen MR) is 42.6 cm³/mol. The number of halogens is 1. The fourth-order valence-corrected chi connectivity index (χ4v) is 0.561. The highest BCUT2D eigenvalue weighted by Crippen LogP contribution is 1.85. The van der Waals surface area contributed by atoms with Gasteiger partial charge in [0.2, 0.25) is 4.77 Å². The Labute approximate surface area is 67.8 Å². The van der Waals surface area contributed by atoms with Crippen molar-refractivity contribution >= 4 is 29.2 Å². The van der Waals surface area contributed by atoms with E-state index in [-0.39, 0.29) is 17.0 Å². The molecule has 0 spiro atoms. The summed E-state index contributed by atoms with van der Waals surface area (Å²) in [6, 6.07) is 0. The predicted octanol–water partition coefficient (Wildman–Crippen LogP) is 0.541. The highest BCUT2D eigenvalue weighted by molar-refractivity contribution is 8.93. The summed E-state index contributed by atoms with van der Waals surface area (Å²) >= 11 is 4.69. The third-order valence-corrected chi connectivity index (χ3v) is 1.17. The highest BCUT2D eigenvalue weighted by atomic mass is 79.9. The Morgan fingerprint density at radius 2 is 2.33 bits per heavy atom. The molecule has 4 nitrogen and oxygen atoms in total. The number of aromatic nitrogens is 3. The molecule has 0 amide bonds. The molecule has 0 radical (unpaired) electrons. The van der Waals surface area contributed by atoms with E-state index in [9.17, 15) is 0 Å². The van der Waals surface area contributed by atoms with Gasteiger partial charge in [-0.2, -0.15) is 5.10 Å². The summed E-state index contributed by atoms with van der Waals surface area (Å²) in [5.74, 6) is 6.01. The van der Waals surface area contributed by atoms with Gasteiger partial charge in [0.05, 0.1) is 0 Å². The van der Waals surface area contributed by atoms with E-state index >= 15 is 0 Å². The minimum Gasteiger partial charge on any atom is -0.335 e. The van der Waals surface area contributed by atoms with Crippen LogP contribution in [0.15, 0.2) is 0 Å². The molecule has 1 rings (SSSR count). The lowest BCUT2D eigenvalue weighted by molar-refractivity contribution is 0.917. The van der Waals surface area contributed by atoms with E-state index in [1.54, 1.807) is 6.92 Å². The van der Waals surface area contributed by atoms with Gasteiger partial charge in [-0.05, 0) is 19.1 Å². The maximum Gasteiger partial charge on any atom is 0.214 e. The summed E-state index contributed by atoms with van der Waals surface area (Å²) in [5.41, 5.74) is 0. The third-order valence-electron chi connectivity index (χ3n) is 0.881. The minimum absolute atomic E-state index is 0. The van der Waals surface area contributed by atoms with E-state index in [1.807, 2.05) is 0 Å². The number of aromatic amines is 1. The molecule has 0 aliphatic heterocycles. The van der Waals surface area contributed by atoms with Crippen LogP contribution in [0.3, 0.4) is 0 Å². The van der Waals surface area contributed by atoms with Gasteiger partial charge in [0, 0.05) is 0 Å². The molecule has 0 saturated heterocycles. The molecule has 0 bridgehead atoms. The molecule has 1 aromatic rings. The van der Waals surface area contributed by atoms with E-state index in [1.165, 1.54) is 4.68 Å². The topological polar surface area (TPSA) is 59.6 Å². The monoisotopic (exact) mass is 210 g/mol. The van der Waals surface area contributed by atoms with Gasteiger partial charge in [-0.1, -0.05) is 0 Å². The molecular weight excluding hydrogens is 204 g/mol. The standard InChI is InChI=1S/C3H6N4S.BrH/c1-2-5-6-3(8)7(2)4;/h4H2,1H3,(H,6,8);1H. The number of nitrogens with one attached hydrogen (secondary N) is 1. The van der Waals surface area contributed by atoms with Gasteiger partial charge in [-0.25, -0.2) is 4.68 Å². The molecule has 1 aromatic heterocycles. The average Bonchev–Trinajstić information content (AvgIpc) is 1.98. The van der Waals surface area contributed by atoms with Crippen molar-refractivity contribution in [3.63, 3.8) is 0 Å². The first kappa shape index (κ1) is 8.64. The molecular formula is C3H7BrN4S. The molecule has 0 aromatic carbocycles. The Balaban J connectivity index is 0.000000640. The first-order valence-electron chi connectivity index (χ1n) is 2.11. The molecule has 0 unspecified atom stereocenters. The Bertz CT molecular complexity index is 238. The van der Waals surface area contributed by atoms with E-state index in [4.69, 9.17) is 18.1 Å². The van der Waals surface area contributed by atoms with Crippen LogP contribution >= 0.6 is 29.2 Å². The molecule has 0 saturated carbocycles. The van der Waals surface area contributed by atoms with Gasteiger partial charge >= 0.3 is 0 Å². The smallest absolute Gasteiger partial charge is 0.214 e. The van der Waals surface area contributed by atoms with E-state index in [0.717, 1.165) is 0 Å². The number of aryl methyl sites for hydroxylation is 1. The van der Waals surface area contributed by atoms with Crippen molar-refractivity contribution in [2.75, 3.05) is 5.84 Å². The second kappa shape index (κ2) is 2.98. The minimum atomic E-state index is 0. The number of nitrogen functional groups attached to an aromatic ring is 1. The van der Waals surface area contributed by atoms with Gasteiger partial charge in [0.15, 0.2) is 0 Å². The van der Waals surface area contributed by atoms with Crippen LogP contribution in [0.2, 0.25) is 0 Å². The molecule has 0 fully saturated rings. The van der Waals surface area contributed by atoms with Crippen LogP contribution in [0.25, 0.3) is 0 Å². The summed E-state index contributed by atoms with van der Waals surface area (Å²) in [4.78, 5) is 0. The van der Waals surface area contributed by atoms with Gasteiger partial charge in [0.25, 0.3) is 0 Å². The van der Waals surface area contributed by atoms with Crippen molar-refractivity contribution in [1.82, 2.24) is 14.9 Å². The Morgan fingerprint density at radius 1 is 1.78 bits per heavy atom. The molecule has 6 heteroatoms. The average molecular weight is 211 g/mol. The van der Waals surface area contributed by atoms with Crippen LogP contribution in [0.4, 0.5) is 0 Å². The summed E-state index contributed by atoms with van der Waals surface area (Å²) in [6.07, 6.45) is 0. The largest absolute Gasteiger partial charge is 0.335 e. The maximum absolute atomic E-state index is 5.32. The fourth-order valence-electron chi connectivity index (χ4n) is 0.383. The zero-order chi connectivity index (χ0) is 6.15. The first-order chi connectivity index (χ1) is 3.72. The number of H-pyrrole nitrogens is 1. The summed E-state index contributed by atoms with van der Waals surface area (Å²) in [5, 5.41) is 6.26. The van der Waals surface area contributed by atoms with Crippen molar-refractivity contribution in [1.29, 1.82) is 0 Å². The number of hydrogen-bond donors (Lipinski definition) is 2. The fraction of sp³-hybridized carbons (Fsp3) is 0.333. The Kier molecular flexibility index (Phi) is 2.86. The number of nitrogens with zero attached hydrogens (tertiary/aromatic N) is 2. The SMILES string of the molecule is Br.Cc1n[nH]c(=S)n1N. The zero-order valence-corrected chi connectivity index (χ0v) is 7.32. The normalized spacial score (nSPS) is 8.56. The summed E-state index contributed by atoms with van der Waals surface area (Å²) < 4.78 is 1.76. The number of rotatable bonds is 0. The lowest BCUT2D eigenvalue weighted by atomic mass is 10.7. The Hall–Kier alpha value is -0.360. The van der Waals surface area contributed by atoms with Gasteiger partial charge in [-0.3, -0.25) is 5.10 Å². The van der Waals surface area contributed by atoms with Crippen molar-refractivity contribution in [2.45, 2.75) is 6.92 Å². The summed E-state index contributed by atoms with van der Waals surface area (Å²) in [7, 11) is 0. The number of hydrogen-bond acceptors (Lipinski definition) is 3. The lowest BCUT2D eigenvalue weighted by Gasteiger charge is -1.86. The number of nitrogens with two attached hydrogens (primary N) is 1. The van der Waals surface area contributed by atoms with Gasteiger partial charge in [-0.15, -0.1) is 17.0 Å². The molecule has 3 N–H and O–H groups in total. The first-order valence-corrected chi connectivity index (χ1v) is 2.51. The maximum atomic E-state index is 5.32. The molecule has 0 aliphatic carbocycles. The van der Waals surface area contributed by atoms with Crippen LogP contribution in [0.5, 0.6) is 0 Å². The van der Waals surface area contributed by atoms with Crippen LogP contribution < -0.4 is 5.84 Å². The van der Waals surface area contributed by atoms with Gasteiger partial charge in [0.1, 0.15) is 5.82 Å². The summed E-state index contributed by atoms with van der Waals surface area (Å²) in [6.45, 7) is 1.77. The van der Waals surface area contributed by atoms with E-state index in [2.05, 4.69) is 10.2 Å². The van der Waals surface area contributed by atoms with Crippen molar-refractivity contribution in [2.24, 2.45) is 0 Å². The Morgan fingerprint density at radius 3 is 2.44 bits per heavy atom. The van der Waals surface area contributed by atoms with Crippen LogP contribution in [-0.4, -0.2) is 14.9 Å².